The maximum Gasteiger partial charge on any atom is 0.245 e. The average Bonchev–Trinajstić information content (AvgIpc) is 1.74. The molecule has 0 unspecified atom stereocenters. The van der Waals surface area contributed by atoms with E-state index in [1.54, 1.807) is 60.7 Å². The molecule has 0 radical (unpaired) electrons. The van der Waals surface area contributed by atoms with E-state index in [0.717, 1.165) is 0 Å². The third-order valence-corrected chi connectivity index (χ3v) is 16.7. The van der Waals surface area contributed by atoms with Crippen LogP contribution in [0.3, 0.4) is 0 Å². The minimum absolute atomic E-state index is 0.0736. The van der Waals surface area contributed by atoms with Gasteiger partial charge in [-0.3, -0.25) is 67.3 Å². The number of carbonyl (C=O) groups is 13. The van der Waals surface area contributed by atoms with Gasteiger partial charge >= 0.3 is 0 Å². The number of hydrogen-bond donors (Lipinski definition) is 15. The zero-order valence-electron chi connectivity index (χ0n) is 54.5. The average molecular weight is 1350 g/mol. The zero-order chi connectivity index (χ0) is 70.1. The summed E-state index contributed by atoms with van der Waals surface area (Å²) in [4.78, 5) is 185. The number of primary amides is 3. The van der Waals surface area contributed by atoms with E-state index >= 15 is 0 Å². The molecule has 0 saturated carbocycles. The maximum atomic E-state index is 14.7. The quantitative estimate of drug-likeness (QED) is 0.0173. The smallest absolute Gasteiger partial charge is 0.245 e. The van der Waals surface area contributed by atoms with E-state index in [2.05, 4.69) is 47.5 Å². The van der Waals surface area contributed by atoms with Crippen molar-refractivity contribution < 1.29 is 62.3 Å². The van der Waals surface area contributed by atoms with Crippen LogP contribution in [0.15, 0.2) is 65.7 Å². The predicted molar refractivity (Wildman–Crippen MR) is 356 cm³/mol. The van der Waals surface area contributed by atoms with E-state index in [4.69, 9.17) is 40.1 Å². The van der Waals surface area contributed by atoms with Gasteiger partial charge in [0, 0.05) is 45.3 Å². The van der Waals surface area contributed by atoms with Gasteiger partial charge in [-0.1, -0.05) is 74.5 Å². The number of amides is 13. The molecule has 10 atom stereocenters. The predicted octanol–water partition coefficient (Wildman–Crippen LogP) is -3.71. The summed E-state index contributed by atoms with van der Waals surface area (Å²) in [5, 5.41) is 21.1. The van der Waals surface area contributed by atoms with Crippen molar-refractivity contribution in [2.45, 2.75) is 183 Å². The Bertz CT molecular complexity index is 2960. The lowest BCUT2D eigenvalue weighted by Crippen LogP contribution is -2.60. The number of likely N-dealkylation sites (tertiary alicyclic amines) is 2. The van der Waals surface area contributed by atoms with E-state index in [0.29, 0.717) is 55.4 Å². The molecule has 95 heavy (non-hydrogen) atoms. The fourth-order valence-corrected chi connectivity index (χ4v) is 11.5. The lowest BCUT2D eigenvalue weighted by atomic mass is 10.0. The lowest BCUT2D eigenvalue weighted by molar-refractivity contribution is -0.144. The van der Waals surface area contributed by atoms with Crippen LogP contribution >= 0.6 is 11.8 Å². The molecule has 0 bridgehead atoms. The van der Waals surface area contributed by atoms with E-state index in [9.17, 15) is 62.3 Å². The SMILES string of the molecule is CSCC[C@H](NC(=O)[C@H](CC(C)C)NC(=O)CNC(=O)[C@H](Cc1ccccc1)NC(=O)[C@@H](Cc1ccccc1)NC(=O)[C@@H](CCC(N)=O)NC(=O)[C@H](CCC(N)=O)NC(=O)[C@@H]1CCCN1C(=O)[C@@H](CCCCN)NC(=O)[C@H]1CCCN1C(=O)[C@H](N)CCCN=C(N)N)C(N)=O. The summed E-state index contributed by atoms with van der Waals surface area (Å²) in [5.74, 6) is -9.80. The lowest BCUT2D eigenvalue weighted by Gasteiger charge is -2.32. The molecule has 22 N–H and O–H groups in total. The number of guanidine groups is 1. The summed E-state index contributed by atoms with van der Waals surface area (Å²) in [5.41, 5.74) is 40.6. The van der Waals surface area contributed by atoms with Crippen LogP contribution < -0.4 is 82.7 Å². The van der Waals surface area contributed by atoms with Crippen molar-refractivity contribution >= 4 is 94.5 Å². The van der Waals surface area contributed by atoms with Crippen LogP contribution in [0.25, 0.3) is 0 Å². The highest BCUT2D eigenvalue weighted by atomic mass is 32.2. The Labute approximate surface area is 558 Å². The van der Waals surface area contributed by atoms with Crippen molar-refractivity contribution in [1.29, 1.82) is 0 Å². The van der Waals surface area contributed by atoms with Crippen LogP contribution in [0.2, 0.25) is 0 Å². The number of hydrogen-bond acceptors (Lipinski definition) is 17. The first kappa shape index (κ1) is 78.5. The van der Waals surface area contributed by atoms with Gasteiger partial charge in [0.25, 0.3) is 0 Å². The molecule has 13 amide bonds. The summed E-state index contributed by atoms with van der Waals surface area (Å²) >= 11 is 1.45. The Morgan fingerprint density at radius 3 is 1.51 bits per heavy atom. The number of unbranched alkanes of at least 4 members (excludes halogenated alkanes) is 1. The van der Waals surface area contributed by atoms with Crippen LogP contribution in [0.1, 0.15) is 121 Å². The second-order valence-electron chi connectivity index (χ2n) is 24.1. The Hall–Kier alpha value is -8.91. The molecular formula is C63H98N18O13S. The van der Waals surface area contributed by atoms with E-state index in [1.165, 1.54) is 21.6 Å². The Kier molecular flexibility index (Phi) is 33.9. The maximum absolute atomic E-state index is 14.7. The summed E-state index contributed by atoms with van der Waals surface area (Å²) in [7, 11) is 0. The molecule has 2 aliphatic heterocycles. The normalized spacial score (nSPS) is 16.8. The molecule has 524 valence electrons. The molecule has 0 aromatic heterocycles. The third-order valence-electron chi connectivity index (χ3n) is 16.0. The monoisotopic (exact) mass is 1350 g/mol. The van der Waals surface area contributed by atoms with Crippen molar-refractivity contribution in [1.82, 2.24) is 52.3 Å². The van der Waals surface area contributed by atoms with Gasteiger partial charge in [-0.2, -0.15) is 11.8 Å². The van der Waals surface area contributed by atoms with E-state index < -0.39 is 169 Å². The van der Waals surface area contributed by atoms with Crippen LogP contribution in [0.5, 0.6) is 0 Å². The summed E-state index contributed by atoms with van der Waals surface area (Å²) in [6.07, 6.45) is 3.12. The highest BCUT2D eigenvalue weighted by Crippen LogP contribution is 2.24. The molecule has 2 heterocycles. The molecule has 31 nitrogen and oxygen atoms in total. The van der Waals surface area contributed by atoms with Crippen molar-refractivity contribution in [3.8, 4) is 0 Å². The molecular weight excluding hydrogens is 1250 g/mol. The summed E-state index contributed by atoms with van der Waals surface area (Å²) in [6, 6.07) is 4.51. The first-order valence-electron chi connectivity index (χ1n) is 32.2. The number of nitrogens with zero attached hydrogens (tertiary/aromatic N) is 3. The van der Waals surface area contributed by atoms with Gasteiger partial charge < -0.3 is 92.5 Å². The van der Waals surface area contributed by atoms with Crippen molar-refractivity contribution in [3.05, 3.63) is 71.8 Å². The summed E-state index contributed by atoms with van der Waals surface area (Å²) < 4.78 is 0. The number of benzene rings is 2. The second-order valence-corrected chi connectivity index (χ2v) is 25.1. The second kappa shape index (κ2) is 41.0. The Morgan fingerprint density at radius 1 is 0.537 bits per heavy atom. The molecule has 4 rings (SSSR count). The minimum Gasteiger partial charge on any atom is -0.370 e. The van der Waals surface area contributed by atoms with Crippen LogP contribution in [0, 0.1) is 5.92 Å². The number of thioether (sulfide) groups is 1. The van der Waals surface area contributed by atoms with Gasteiger partial charge in [0.2, 0.25) is 76.8 Å². The van der Waals surface area contributed by atoms with E-state index in [-0.39, 0.29) is 83.0 Å². The number of carbonyl (C=O) groups excluding carboxylic acids is 13. The van der Waals surface area contributed by atoms with Crippen molar-refractivity contribution in [2.24, 2.45) is 51.0 Å². The first-order chi connectivity index (χ1) is 45.2. The molecule has 2 aliphatic rings. The fraction of sp³-hybridized carbons (Fsp3) is 0.587. The van der Waals surface area contributed by atoms with Crippen LogP contribution in [0.4, 0.5) is 0 Å². The van der Waals surface area contributed by atoms with Gasteiger partial charge in [-0.05, 0) is 119 Å². The Balaban J connectivity index is 1.56. The highest BCUT2D eigenvalue weighted by Gasteiger charge is 2.42. The van der Waals surface area contributed by atoms with Crippen molar-refractivity contribution in [2.75, 3.05) is 44.7 Å². The molecule has 2 saturated heterocycles. The first-order valence-corrected chi connectivity index (χ1v) is 33.6. The van der Waals surface area contributed by atoms with Gasteiger partial charge in [-0.15, -0.1) is 0 Å². The van der Waals surface area contributed by atoms with Gasteiger partial charge in [0.05, 0.1) is 12.6 Å². The van der Waals surface area contributed by atoms with E-state index in [1.807, 2.05) is 20.1 Å². The number of nitrogens with one attached hydrogen (secondary N) is 8. The standard InChI is InChI=1S/C63H98N18O13S/c1-37(2)33-45(57(89)74-41(53(68)85)27-32-95-3)73-52(84)36-72-54(86)46(34-38-15-6-4-7-16-38)78-58(90)47(35-39-17-8-5-9-18-39)79-56(88)42(23-25-50(66)82)75-55(87)43(24-26-51(67)83)76-59(91)49-22-14-31-81(49)62(94)44(20-10-11-28-64)77-60(92)48-21-13-30-80(48)61(93)40(65)19-12-29-71-63(69)70/h4-9,15-18,37,40-49H,10-14,19-36,64-65H2,1-3H3,(H2,66,82)(H2,67,83)(H2,68,85)(H,72,86)(H,73,84)(H,74,89)(H,75,87)(H,76,91)(H,77,92)(H,78,90)(H,79,88)(H4,69,70,71)/t40-,41+,42-,43+,44-,45+,46+,47-,48-,49+/m1/s1. The number of aliphatic imine (C=N–C) groups is 1. The summed E-state index contributed by atoms with van der Waals surface area (Å²) in [6.45, 7) is 3.86. The molecule has 2 aromatic carbocycles. The minimum atomic E-state index is -1.64. The molecule has 2 fully saturated rings. The van der Waals surface area contributed by atoms with Crippen molar-refractivity contribution in [3.63, 3.8) is 0 Å². The van der Waals surface area contributed by atoms with Crippen LogP contribution in [-0.2, 0) is 75.2 Å². The van der Waals surface area contributed by atoms with Gasteiger partial charge in [0.1, 0.15) is 54.4 Å². The Morgan fingerprint density at radius 2 is 1.01 bits per heavy atom. The number of rotatable bonds is 42. The molecule has 0 aliphatic carbocycles. The highest BCUT2D eigenvalue weighted by molar-refractivity contribution is 7.98. The molecule has 0 spiro atoms. The molecule has 32 heteroatoms. The zero-order valence-corrected chi connectivity index (χ0v) is 55.3. The van der Waals surface area contributed by atoms with Crippen LogP contribution in [-0.4, -0.2) is 198 Å². The van der Waals surface area contributed by atoms with Gasteiger partial charge in [-0.25, -0.2) is 0 Å². The van der Waals surface area contributed by atoms with Gasteiger partial charge in [0.15, 0.2) is 5.96 Å². The largest absolute Gasteiger partial charge is 0.370 e. The number of nitrogens with two attached hydrogens (primary N) is 7. The fourth-order valence-electron chi connectivity index (χ4n) is 11.0. The third kappa shape index (κ3) is 27.5. The molecule has 2 aromatic rings. The topological polar surface area (TPSA) is 519 Å².